The van der Waals surface area contributed by atoms with E-state index in [1.165, 1.54) is 12.8 Å². The first-order chi connectivity index (χ1) is 6.76. The van der Waals surface area contributed by atoms with Crippen LogP contribution in [0.3, 0.4) is 0 Å². The van der Waals surface area contributed by atoms with Crippen LogP contribution in [0.15, 0.2) is 11.6 Å². The van der Waals surface area contributed by atoms with Crippen LogP contribution in [0, 0.1) is 6.92 Å². The summed E-state index contributed by atoms with van der Waals surface area (Å²) < 4.78 is 0. The van der Waals surface area contributed by atoms with Crippen molar-refractivity contribution in [2.45, 2.75) is 30.7 Å². The van der Waals surface area contributed by atoms with E-state index < -0.39 is 0 Å². The molecule has 0 aromatic carbocycles. The van der Waals surface area contributed by atoms with Crippen LogP contribution in [0.25, 0.3) is 6.08 Å². The van der Waals surface area contributed by atoms with Gasteiger partial charge in [-0.3, -0.25) is 0 Å². The van der Waals surface area contributed by atoms with Crippen molar-refractivity contribution in [1.82, 2.24) is 9.97 Å². The van der Waals surface area contributed by atoms with E-state index in [-0.39, 0.29) is 0 Å². The van der Waals surface area contributed by atoms with Crippen molar-refractivity contribution in [3.05, 3.63) is 23.7 Å². The maximum atomic E-state index is 4.57. The molecule has 74 valence electrons. The molecule has 1 aromatic rings. The third-order valence-electron chi connectivity index (χ3n) is 2.46. The minimum atomic E-state index is 0.624. The molecule has 2 rings (SSSR count). The second-order valence-corrected chi connectivity index (χ2v) is 4.36. The number of aromatic nitrogens is 2. The highest BCUT2D eigenvalue weighted by atomic mass is 32.2. The topological polar surface area (TPSA) is 25.8 Å². The zero-order valence-electron chi connectivity index (χ0n) is 8.58. The van der Waals surface area contributed by atoms with E-state index in [2.05, 4.69) is 16.5 Å². The predicted octanol–water partition coefficient (Wildman–Crippen LogP) is 3.03. The lowest BCUT2D eigenvalue weighted by Gasteiger charge is -2.07. The molecule has 0 N–H and O–H groups in total. The molecule has 1 aliphatic carbocycles. The van der Waals surface area contributed by atoms with Crippen LogP contribution < -0.4 is 0 Å². The molecule has 1 saturated carbocycles. The largest absolute Gasteiger partial charge is 0.237 e. The minimum Gasteiger partial charge on any atom is -0.237 e. The van der Waals surface area contributed by atoms with Gasteiger partial charge in [0, 0.05) is 17.2 Å². The van der Waals surface area contributed by atoms with Gasteiger partial charge in [-0.25, -0.2) is 9.97 Å². The van der Waals surface area contributed by atoms with Crippen LogP contribution in [-0.2, 0) is 0 Å². The van der Waals surface area contributed by atoms with E-state index in [0.717, 1.165) is 22.1 Å². The van der Waals surface area contributed by atoms with Crippen molar-refractivity contribution in [3.8, 4) is 0 Å². The molecule has 0 bridgehead atoms. The van der Waals surface area contributed by atoms with Gasteiger partial charge >= 0.3 is 0 Å². The zero-order valence-corrected chi connectivity index (χ0v) is 9.40. The number of hydrogen-bond donors (Lipinski definition) is 0. The fourth-order valence-electron chi connectivity index (χ4n) is 1.49. The Hall–Kier alpha value is -0.830. The molecule has 0 unspecified atom stereocenters. The first kappa shape index (κ1) is 9.71. The SMILES string of the molecule is C=Cc1c(C)nc(C2CC2)nc1SC. The average Bonchev–Trinajstić information content (AvgIpc) is 2.99. The van der Waals surface area contributed by atoms with Crippen molar-refractivity contribution in [3.63, 3.8) is 0 Å². The monoisotopic (exact) mass is 206 g/mol. The molecule has 1 aromatic heterocycles. The summed E-state index contributed by atoms with van der Waals surface area (Å²) in [6.07, 6.45) is 6.39. The normalized spacial score (nSPS) is 15.6. The maximum absolute atomic E-state index is 4.57. The Balaban J connectivity index is 2.48. The number of aryl methyl sites for hydroxylation is 1. The summed E-state index contributed by atoms with van der Waals surface area (Å²) in [5.41, 5.74) is 2.14. The summed E-state index contributed by atoms with van der Waals surface area (Å²) in [4.78, 5) is 9.08. The summed E-state index contributed by atoms with van der Waals surface area (Å²) in [5, 5.41) is 1.06. The van der Waals surface area contributed by atoms with E-state index in [1.54, 1.807) is 11.8 Å². The lowest BCUT2D eigenvalue weighted by Crippen LogP contribution is -2.00. The molecular formula is C11H14N2S. The number of nitrogens with zero attached hydrogens (tertiary/aromatic N) is 2. The number of thioether (sulfide) groups is 1. The van der Waals surface area contributed by atoms with Gasteiger partial charge in [0.2, 0.25) is 0 Å². The van der Waals surface area contributed by atoms with E-state index in [4.69, 9.17) is 0 Å². The Kier molecular flexibility index (Phi) is 2.59. The van der Waals surface area contributed by atoms with E-state index in [1.807, 2.05) is 19.3 Å². The average molecular weight is 206 g/mol. The second-order valence-electron chi connectivity index (χ2n) is 3.57. The van der Waals surface area contributed by atoms with Gasteiger partial charge in [-0.15, -0.1) is 11.8 Å². The van der Waals surface area contributed by atoms with Gasteiger partial charge in [-0.1, -0.05) is 12.7 Å². The highest BCUT2D eigenvalue weighted by Crippen LogP contribution is 2.39. The summed E-state index contributed by atoms with van der Waals surface area (Å²) >= 11 is 1.67. The molecule has 1 aliphatic rings. The summed E-state index contributed by atoms with van der Waals surface area (Å²) in [7, 11) is 0. The summed E-state index contributed by atoms with van der Waals surface area (Å²) in [5.74, 6) is 1.65. The van der Waals surface area contributed by atoms with Crippen molar-refractivity contribution in [2.24, 2.45) is 0 Å². The fourth-order valence-corrected chi connectivity index (χ4v) is 2.13. The molecule has 0 spiro atoms. The molecule has 2 nitrogen and oxygen atoms in total. The van der Waals surface area contributed by atoms with Gasteiger partial charge in [0.25, 0.3) is 0 Å². The van der Waals surface area contributed by atoms with Gasteiger partial charge in [-0.2, -0.15) is 0 Å². The van der Waals surface area contributed by atoms with Crippen molar-refractivity contribution in [1.29, 1.82) is 0 Å². The van der Waals surface area contributed by atoms with Crippen LogP contribution in [0.5, 0.6) is 0 Å². The van der Waals surface area contributed by atoms with Crippen molar-refractivity contribution in [2.75, 3.05) is 6.26 Å². The van der Waals surface area contributed by atoms with Gasteiger partial charge < -0.3 is 0 Å². The molecule has 0 amide bonds. The van der Waals surface area contributed by atoms with Crippen LogP contribution in [0.4, 0.5) is 0 Å². The maximum Gasteiger partial charge on any atom is 0.133 e. The quantitative estimate of drug-likeness (QED) is 0.561. The minimum absolute atomic E-state index is 0.624. The third kappa shape index (κ3) is 1.69. The molecule has 0 saturated heterocycles. The second kappa shape index (κ2) is 3.73. The van der Waals surface area contributed by atoms with Gasteiger partial charge in [-0.05, 0) is 26.0 Å². The molecule has 3 heteroatoms. The molecular weight excluding hydrogens is 192 g/mol. The van der Waals surface area contributed by atoms with Gasteiger partial charge in [0.05, 0.1) is 0 Å². The number of hydrogen-bond acceptors (Lipinski definition) is 3. The Morgan fingerprint density at radius 3 is 2.64 bits per heavy atom. The van der Waals surface area contributed by atoms with Crippen LogP contribution in [0.2, 0.25) is 0 Å². The lowest BCUT2D eigenvalue weighted by atomic mass is 10.2. The Bertz CT molecular complexity index is 370. The Labute approximate surface area is 88.9 Å². The highest BCUT2D eigenvalue weighted by molar-refractivity contribution is 7.98. The van der Waals surface area contributed by atoms with Gasteiger partial charge in [0.15, 0.2) is 0 Å². The fraction of sp³-hybridized carbons (Fsp3) is 0.455. The van der Waals surface area contributed by atoms with E-state index in [9.17, 15) is 0 Å². The lowest BCUT2D eigenvalue weighted by molar-refractivity contribution is 0.854. The molecule has 0 radical (unpaired) electrons. The first-order valence-electron chi connectivity index (χ1n) is 4.81. The highest BCUT2D eigenvalue weighted by Gasteiger charge is 2.27. The third-order valence-corrected chi connectivity index (χ3v) is 3.16. The van der Waals surface area contributed by atoms with Crippen molar-refractivity contribution >= 4 is 17.8 Å². The van der Waals surface area contributed by atoms with Crippen LogP contribution in [-0.4, -0.2) is 16.2 Å². The number of rotatable bonds is 3. The summed E-state index contributed by atoms with van der Waals surface area (Å²) in [6, 6.07) is 0. The molecule has 14 heavy (non-hydrogen) atoms. The standard InChI is InChI=1S/C11H14N2S/c1-4-9-7(2)12-10(8-5-6-8)13-11(9)14-3/h4,8H,1,5-6H2,2-3H3. The van der Waals surface area contributed by atoms with Crippen LogP contribution in [0.1, 0.15) is 35.8 Å². The first-order valence-corrected chi connectivity index (χ1v) is 6.03. The van der Waals surface area contributed by atoms with E-state index >= 15 is 0 Å². The Morgan fingerprint density at radius 2 is 2.14 bits per heavy atom. The smallest absolute Gasteiger partial charge is 0.133 e. The molecule has 0 atom stereocenters. The zero-order chi connectivity index (χ0) is 10.1. The molecule has 0 aliphatic heterocycles. The molecule has 1 heterocycles. The summed E-state index contributed by atoms with van der Waals surface area (Å²) in [6.45, 7) is 5.83. The predicted molar refractivity (Wildman–Crippen MR) is 60.6 cm³/mol. The van der Waals surface area contributed by atoms with Crippen molar-refractivity contribution < 1.29 is 0 Å². The molecule has 1 fully saturated rings. The van der Waals surface area contributed by atoms with Gasteiger partial charge in [0.1, 0.15) is 10.9 Å². The van der Waals surface area contributed by atoms with E-state index in [0.29, 0.717) is 5.92 Å². The Morgan fingerprint density at radius 1 is 1.43 bits per heavy atom. The van der Waals surface area contributed by atoms with Crippen LogP contribution >= 0.6 is 11.8 Å².